The summed E-state index contributed by atoms with van der Waals surface area (Å²) in [5.74, 6) is -0.832. The van der Waals surface area contributed by atoms with Gasteiger partial charge in [-0.25, -0.2) is 4.79 Å². The lowest BCUT2D eigenvalue weighted by Gasteiger charge is -2.23. The monoisotopic (exact) mass is 304 g/mol. The number of carbonyl (C=O) groups is 2. The van der Waals surface area contributed by atoms with Crippen molar-refractivity contribution in [3.63, 3.8) is 0 Å². The van der Waals surface area contributed by atoms with Gasteiger partial charge in [0.05, 0.1) is 12.7 Å². The van der Waals surface area contributed by atoms with Crippen molar-refractivity contribution in [2.45, 2.75) is 77.9 Å². The molecule has 0 heterocycles. The van der Waals surface area contributed by atoms with Crippen LogP contribution in [-0.2, 0) is 24.1 Å². The standard InChI is InChI=1S/C15H28O6/c1-5-6-10-19-13(17)8-7-9-14(18)20-21-15(3,4)11-12(2)16/h12,16H,5-11H2,1-4H3. The first-order valence-electron chi connectivity index (χ1n) is 7.49. The van der Waals surface area contributed by atoms with Crippen LogP contribution in [-0.4, -0.2) is 35.4 Å². The molecule has 0 saturated carbocycles. The van der Waals surface area contributed by atoms with E-state index in [1.54, 1.807) is 20.8 Å². The van der Waals surface area contributed by atoms with E-state index in [1.165, 1.54) is 0 Å². The Morgan fingerprint density at radius 2 is 1.76 bits per heavy atom. The first-order valence-corrected chi connectivity index (χ1v) is 7.49. The summed E-state index contributed by atoms with van der Waals surface area (Å²) >= 11 is 0. The van der Waals surface area contributed by atoms with Crippen molar-refractivity contribution in [1.29, 1.82) is 0 Å². The summed E-state index contributed by atoms with van der Waals surface area (Å²) in [5, 5.41) is 9.27. The molecule has 0 rings (SSSR count). The molecule has 0 aromatic carbocycles. The van der Waals surface area contributed by atoms with Gasteiger partial charge in [0.2, 0.25) is 0 Å². The molecular formula is C15H28O6. The second-order valence-electron chi connectivity index (χ2n) is 5.78. The van der Waals surface area contributed by atoms with E-state index in [1.807, 2.05) is 6.92 Å². The number of aliphatic hydroxyl groups is 1. The fourth-order valence-corrected chi connectivity index (χ4v) is 1.73. The number of unbranched alkanes of at least 4 members (excludes halogenated alkanes) is 1. The number of hydrogen-bond donors (Lipinski definition) is 1. The van der Waals surface area contributed by atoms with Crippen molar-refractivity contribution in [3.8, 4) is 0 Å². The van der Waals surface area contributed by atoms with Crippen LogP contribution in [0.4, 0.5) is 0 Å². The summed E-state index contributed by atoms with van der Waals surface area (Å²) in [7, 11) is 0. The van der Waals surface area contributed by atoms with Crippen LogP contribution < -0.4 is 0 Å². The van der Waals surface area contributed by atoms with E-state index in [-0.39, 0.29) is 18.8 Å². The van der Waals surface area contributed by atoms with Crippen LogP contribution in [0.25, 0.3) is 0 Å². The number of carbonyl (C=O) groups excluding carboxylic acids is 2. The van der Waals surface area contributed by atoms with E-state index < -0.39 is 17.7 Å². The summed E-state index contributed by atoms with van der Waals surface area (Å²) in [6.45, 7) is 7.52. The second-order valence-corrected chi connectivity index (χ2v) is 5.78. The van der Waals surface area contributed by atoms with Crippen molar-refractivity contribution in [1.82, 2.24) is 0 Å². The van der Waals surface area contributed by atoms with E-state index in [9.17, 15) is 14.7 Å². The molecule has 1 atom stereocenters. The Labute approximate surface area is 126 Å². The van der Waals surface area contributed by atoms with E-state index in [0.717, 1.165) is 12.8 Å². The van der Waals surface area contributed by atoms with Crippen LogP contribution in [0.15, 0.2) is 0 Å². The average Bonchev–Trinajstić information content (AvgIpc) is 2.35. The molecule has 1 unspecified atom stereocenters. The van der Waals surface area contributed by atoms with Gasteiger partial charge in [-0.1, -0.05) is 13.3 Å². The molecule has 0 saturated heterocycles. The number of aliphatic hydroxyl groups excluding tert-OH is 1. The Balaban J connectivity index is 3.73. The maximum absolute atomic E-state index is 11.5. The van der Waals surface area contributed by atoms with Crippen molar-refractivity contribution in [3.05, 3.63) is 0 Å². The van der Waals surface area contributed by atoms with Gasteiger partial charge in [0.25, 0.3) is 0 Å². The molecule has 0 aliphatic heterocycles. The summed E-state index contributed by atoms with van der Waals surface area (Å²) in [6, 6.07) is 0. The van der Waals surface area contributed by atoms with E-state index in [2.05, 4.69) is 4.89 Å². The van der Waals surface area contributed by atoms with Crippen molar-refractivity contribution in [2.24, 2.45) is 0 Å². The molecule has 6 heteroatoms. The van der Waals surface area contributed by atoms with Gasteiger partial charge in [-0.15, -0.1) is 0 Å². The van der Waals surface area contributed by atoms with Gasteiger partial charge in [-0.3, -0.25) is 9.68 Å². The molecule has 124 valence electrons. The number of ether oxygens (including phenoxy) is 1. The van der Waals surface area contributed by atoms with Crippen LogP contribution in [0.1, 0.15) is 66.2 Å². The molecule has 0 amide bonds. The molecule has 6 nitrogen and oxygen atoms in total. The van der Waals surface area contributed by atoms with Crippen LogP contribution in [0.3, 0.4) is 0 Å². The second kappa shape index (κ2) is 10.6. The van der Waals surface area contributed by atoms with Crippen molar-refractivity contribution < 1.29 is 29.2 Å². The normalized spacial score (nSPS) is 12.8. The lowest BCUT2D eigenvalue weighted by Crippen LogP contribution is -2.30. The van der Waals surface area contributed by atoms with E-state index in [0.29, 0.717) is 19.4 Å². The molecule has 0 radical (unpaired) electrons. The lowest BCUT2D eigenvalue weighted by atomic mass is 10.0. The van der Waals surface area contributed by atoms with Gasteiger partial charge < -0.3 is 9.84 Å². The number of esters is 1. The zero-order valence-corrected chi connectivity index (χ0v) is 13.5. The smallest absolute Gasteiger partial charge is 0.342 e. The van der Waals surface area contributed by atoms with Gasteiger partial charge in [0.1, 0.15) is 5.60 Å². The van der Waals surface area contributed by atoms with Gasteiger partial charge >= 0.3 is 11.9 Å². The Kier molecular flexibility index (Phi) is 9.99. The highest BCUT2D eigenvalue weighted by Gasteiger charge is 2.24. The molecule has 0 aromatic rings. The highest BCUT2D eigenvalue weighted by molar-refractivity contribution is 5.72. The Morgan fingerprint density at radius 1 is 1.14 bits per heavy atom. The summed E-state index contributed by atoms with van der Waals surface area (Å²) in [4.78, 5) is 32.5. The molecule has 0 aromatic heterocycles. The molecular weight excluding hydrogens is 276 g/mol. The van der Waals surface area contributed by atoms with Crippen molar-refractivity contribution >= 4 is 11.9 Å². The fourth-order valence-electron chi connectivity index (χ4n) is 1.73. The molecule has 1 N–H and O–H groups in total. The predicted molar refractivity (Wildman–Crippen MR) is 77.3 cm³/mol. The molecule has 0 aliphatic carbocycles. The van der Waals surface area contributed by atoms with Crippen LogP contribution in [0, 0.1) is 0 Å². The largest absolute Gasteiger partial charge is 0.466 e. The molecule has 0 fully saturated rings. The van der Waals surface area contributed by atoms with Crippen LogP contribution in [0.2, 0.25) is 0 Å². The van der Waals surface area contributed by atoms with Gasteiger partial charge in [-0.05, 0) is 33.6 Å². The first-order chi connectivity index (χ1) is 9.76. The lowest BCUT2D eigenvalue weighted by molar-refractivity contribution is -0.328. The zero-order valence-electron chi connectivity index (χ0n) is 13.5. The average molecular weight is 304 g/mol. The highest BCUT2D eigenvalue weighted by Crippen LogP contribution is 2.17. The van der Waals surface area contributed by atoms with Gasteiger partial charge in [0, 0.05) is 19.3 Å². The van der Waals surface area contributed by atoms with E-state index in [4.69, 9.17) is 9.62 Å². The summed E-state index contributed by atoms with van der Waals surface area (Å²) in [6.07, 6.45) is 2.27. The molecule has 0 spiro atoms. The third kappa shape index (κ3) is 12.3. The first kappa shape index (κ1) is 19.9. The molecule has 0 bridgehead atoms. The Morgan fingerprint density at radius 3 is 2.33 bits per heavy atom. The van der Waals surface area contributed by atoms with Gasteiger partial charge in [-0.2, -0.15) is 4.89 Å². The maximum atomic E-state index is 11.5. The highest BCUT2D eigenvalue weighted by atomic mass is 17.2. The van der Waals surface area contributed by atoms with Crippen LogP contribution >= 0.6 is 0 Å². The van der Waals surface area contributed by atoms with Gasteiger partial charge in [0.15, 0.2) is 0 Å². The zero-order chi connectivity index (χ0) is 16.3. The van der Waals surface area contributed by atoms with E-state index >= 15 is 0 Å². The van der Waals surface area contributed by atoms with Crippen LogP contribution in [0.5, 0.6) is 0 Å². The summed E-state index contributed by atoms with van der Waals surface area (Å²) in [5.41, 5.74) is -0.747. The number of hydrogen-bond acceptors (Lipinski definition) is 6. The molecule has 0 aliphatic rings. The summed E-state index contributed by atoms with van der Waals surface area (Å²) < 4.78 is 4.97. The third-order valence-electron chi connectivity index (χ3n) is 2.67. The minimum atomic E-state index is -0.747. The molecule has 21 heavy (non-hydrogen) atoms. The SMILES string of the molecule is CCCCOC(=O)CCCC(=O)OOC(C)(C)CC(C)O. The third-order valence-corrected chi connectivity index (χ3v) is 2.67. The topological polar surface area (TPSA) is 82.1 Å². The Bertz CT molecular complexity index is 311. The minimum absolute atomic E-state index is 0.0909. The maximum Gasteiger partial charge on any atom is 0.342 e. The Hall–Kier alpha value is -1.14. The predicted octanol–water partition coefficient (Wildman–Crippen LogP) is 2.52. The fraction of sp³-hybridized carbons (Fsp3) is 0.867. The van der Waals surface area contributed by atoms with Crippen molar-refractivity contribution in [2.75, 3.05) is 6.61 Å². The number of rotatable bonds is 11. The minimum Gasteiger partial charge on any atom is -0.466 e. The quantitative estimate of drug-likeness (QED) is 0.273.